The highest BCUT2D eigenvalue weighted by Crippen LogP contribution is 2.26. The molecule has 1 N–H and O–H groups in total. The molecule has 3 heteroatoms. The van der Waals surface area contributed by atoms with E-state index in [0.717, 1.165) is 18.1 Å². The highest BCUT2D eigenvalue weighted by atomic mass is 15.2. The smallest absolute Gasteiger partial charge is 0.0111 e. The van der Waals surface area contributed by atoms with Crippen molar-refractivity contribution in [3.8, 4) is 0 Å². The molecule has 1 saturated carbocycles. The first-order chi connectivity index (χ1) is 9.33. The molecule has 19 heavy (non-hydrogen) atoms. The summed E-state index contributed by atoms with van der Waals surface area (Å²) in [5, 5.41) is 3.82. The lowest BCUT2D eigenvalue weighted by Crippen LogP contribution is -2.47. The number of piperidine rings is 1. The molecule has 0 bridgehead atoms. The van der Waals surface area contributed by atoms with Crippen LogP contribution in [-0.4, -0.2) is 61.2 Å². The first kappa shape index (κ1) is 13.8. The summed E-state index contributed by atoms with van der Waals surface area (Å²) in [4.78, 5) is 5.30. The molecule has 0 amide bonds. The van der Waals surface area contributed by atoms with Crippen LogP contribution in [0.3, 0.4) is 0 Å². The zero-order valence-electron chi connectivity index (χ0n) is 12.6. The number of fused-ring (bicyclic) bond motifs is 1. The average molecular weight is 265 g/mol. The molecule has 2 unspecified atom stereocenters. The fourth-order valence-corrected chi connectivity index (χ4v) is 4.38. The molecule has 2 heterocycles. The van der Waals surface area contributed by atoms with Crippen molar-refractivity contribution in [3.05, 3.63) is 0 Å². The van der Waals surface area contributed by atoms with Gasteiger partial charge in [-0.25, -0.2) is 0 Å². The summed E-state index contributed by atoms with van der Waals surface area (Å²) in [7, 11) is 2.32. The molecule has 3 fully saturated rings. The van der Waals surface area contributed by atoms with E-state index in [9.17, 15) is 0 Å². The van der Waals surface area contributed by atoms with E-state index in [1.54, 1.807) is 0 Å². The van der Waals surface area contributed by atoms with E-state index < -0.39 is 0 Å². The third-order valence-corrected chi connectivity index (χ3v) is 5.67. The van der Waals surface area contributed by atoms with Gasteiger partial charge >= 0.3 is 0 Å². The number of hydrogen-bond acceptors (Lipinski definition) is 3. The van der Waals surface area contributed by atoms with Crippen LogP contribution in [-0.2, 0) is 0 Å². The van der Waals surface area contributed by atoms with Crippen molar-refractivity contribution in [1.29, 1.82) is 0 Å². The highest BCUT2D eigenvalue weighted by Gasteiger charge is 2.31. The third kappa shape index (κ3) is 3.50. The van der Waals surface area contributed by atoms with Gasteiger partial charge in [0.25, 0.3) is 0 Å². The zero-order chi connectivity index (χ0) is 13.1. The summed E-state index contributed by atoms with van der Waals surface area (Å²) >= 11 is 0. The van der Waals surface area contributed by atoms with Crippen molar-refractivity contribution in [2.75, 3.05) is 33.2 Å². The molecule has 0 spiro atoms. The molecule has 110 valence electrons. The summed E-state index contributed by atoms with van der Waals surface area (Å²) in [6, 6.07) is 2.56. The molecular formula is C16H31N3. The van der Waals surface area contributed by atoms with Crippen LogP contribution in [0.2, 0.25) is 0 Å². The quantitative estimate of drug-likeness (QED) is 0.821. The number of nitrogens with one attached hydrogen (secondary N) is 1. The molecule has 0 aromatic rings. The summed E-state index contributed by atoms with van der Waals surface area (Å²) in [6.45, 7) is 5.11. The van der Waals surface area contributed by atoms with Crippen LogP contribution >= 0.6 is 0 Å². The SMILES string of the molecule is CN(CCNC1CCN2CCCC2C1)C1CCCC1. The van der Waals surface area contributed by atoms with Gasteiger partial charge in [0.2, 0.25) is 0 Å². The number of likely N-dealkylation sites (N-methyl/N-ethyl adjacent to an activating group) is 1. The second-order valence-electron chi connectivity index (χ2n) is 6.93. The first-order valence-electron chi connectivity index (χ1n) is 8.50. The Labute approximate surface area is 118 Å². The van der Waals surface area contributed by atoms with Crippen LogP contribution < -0.4 is 5.32 Å². The predicted octanol–water partition coefficient (Wildman–Crippen LogP) is 2.08. The van der Waals surface area contributed by atoms with Crippen molar-refractivity contribution in [1.82, 2.24) is 15.1 Å². The largest absolute Gasteiger partial charge is 0.313 e. The number of nitrogens with zero attached hydrogens (tertiary/aromatic N) is 2. The average Bonchev–Trinajstić information content (AvgIpc) is 3.09. The molecule has 3 rings (SSSR count). The molecule has 0 radical (unpaired) electrons. The van der Waals surface area contributed by atoms with Crippen LogP contribution in [0.4, 0.5) is 0 Å². The Morgan fingerprint density at radius 3 is 2.74 bits per heavy atom. The summed E-state index contributed by atoms with van der Waals surface area (Å²) in [5.74, 6) is 0. The maximum absolute atomic E-state index is 3.82. The van der Waals surface area contributed by atoms with Crippen molar-refractivity contribution in [2.24, 2.45) is 0 Å². The van der Waals surface area contributed by atoms with Gasteiger partial charge in [-0.2, -0.15) is 0 Å². The summed E-state index contributed by atoms with van der Waals surface area (Å²) < 4.78 is 0. The molecule has 2 aliphatic heterocycles. The van der Waals surface area contributed by atoms with Crippen molar-refractivity contribution in [2.45, 2.75) is 69.5 Å². The highest BCUT2D eigenvalue weighted by molar-refractivity contribution is 4.89. The maximum atomic E-state index is 3.82. The van der Waals surface area contributed by atoms with Gasteiger partial charge in [-0.15, -0.1) is 0 Å². The van der Waals surface area contributed by atoms with Gasteiger partial charge in [0.15, 0.2) is 0 Å². The van der Waals surface area contributed by atoms with Crippen LogP contribution in [0.5, 0.6) is 0 Å². The van der Waals surface area contributed by atoms with Crippen molar-refractivity contribution in [3.63, 3.8) is 0 Å². The lowest BCUT2D eigenvalue weighted by Gasteiger charge is -2.35. The Bertz CT molecular complexity index is 275. The fraction of sp³-hybridized carbons (Fsp3) is 1.00. The van der Waals surface area contributed by atoms with Gasteiger partial charge < -0.3 is 15.1 Å². The Kier molecular flexibility index (Phi) is 4.78. The molecule has 2 atom stereocenters. The van der Waals surface area contributed by atoms with Crippen molar-refractivity contribution >= 4 is 0 Å². The normalized spacial score (nSPS) is 33.2. The minimum Gasteiger partial charge on any atom is -0.313 e. The number of hydrogen-bond donors (Lipinski definition) is 1. The van der Waals surface area contributed by atoms with E-state index >= 15 is 0 Å². The van der Waals surface area contributed by atoms with Crippen LogP contribution in [0, 0.1) is 0 Å². The minimum atomic E-state index is 0.788. The van der Waals surface area contributed by atoms with E-state index in [1.807, 2.05) is 0 Å². The third-order valence-electron chi connectivity index (χ3n) is 5.67. The van der Waals surface area contributed by atoms with E-state index in [1.165, 1.54) is 77.5 Å². The molecule has 1 aliphatic carbocycles. The molecule has 2 saturated heterocycles. The van der Waals surface area contributed by atoms with E-state index in [2.05, 4.69) is 22.2 Å². The second-order valence-corrected chi connectivity index (χ2v) is 6.93. The van der Waals surface area contributed by atoms with Crippen LogP contribution in [0.15, 0.2) is 0 Å². The van der Waals surface area contributed by atoms with E-state index in [0.29, 0.717) is 0 Å². The van der Waals surface area contributed by atoms with Crippen molar-refractivity contribution < 1.29 is 0 Å². The first-order valence-corrected chi connectivity index (χ1v) is 8.50. The van der Waals surface area contributed by atoms with Gasteiger partial charge in [-0.05, 0) is 58.7 Å². The van der Waals surface area contributed by atoms with Gasteiger partial charge in [0.1, 0.15) is 0 Å². The molecular weight excluding hydrogens is 234 g/mol. The van der Waals surface area contributed by atoms with Gasteiger partial charge in [0.05, 0.1) is 0 Å². The monoisotopic (exact) mass is 265 g/mol. The zero-order valence-corrected chi connectivity index (χ0v) is 12.6. The standard InChI is InChI=1S/C16H31N3/c1-18(15-5-2-3-6-15)12-9-17-14-8-11-19-10-4-7-16(19)13-14/h14-17H,2-13H2,1H3. The molecule has 3 nitrogen and oxygen atoms in total. The van der Waals surface area contributed by atoms with Gasteiger partial charge in [-0.1, -0.05) is 12.8 Å². The van der Waals surface area contributed by atoms with Crippen LogP contribution in [0.1, 0.15) is 51.4 Å². The van der Waals surface area contributed by atoms with Gasteiger partial charge in [0, 0.05) is 31.2 Å². The second kappa shape index (κ2) is 6.55. The summed E-state index contributed by atoms with van der Waals surface area (Å²) in [6.07, 6.45) is 11.4. The van der Waals surface area contributed by atoms with Crippen LogP contribution in [0.25, 0.3) is 0 Å². The Morgan fingerprint density at radius 1 is 1.05 bits per heavy atom. The molecule has 0 aromatic heterocycles. The minimum absolute atomic E-state index is 0.788. The maximum Gasteiger partial charge on any atom is 0.0111 e. The fourth-order valence-electron chi connectivity index (χ4n) is 4.38. The lowest BCUT2D eigenvalue weighted by atomic mass is 9.97. The molecule has 3 aliphatic rings. The Balaban J connectivity index is 1.33. The predicted molar refractivity (Wildman–Crippen MR) is 80.5 cm³/mol. The summed E-state index contributed by atoms with van der Waals surface area (Å²) in [5.41, 5.74) is 0. The molecule has 0 aromatic carbocycles. The topological polar surface area (TPSA) is 18.5 Å². The van der Waals surface area contributed by atoms with E-state index in [-0.39, 0.29) is 0 Å². The lowest BCUT2D eigenvalue weighted by molar-refractivity contribution is 0.162. The Morgan fingerprint density at radius 2 is 1.89 bits per heavy atom. The van der Waals surface area contributed by atoms with E-state index in [4.69, 9.17) is 0 Å². The number of rotatable bonds is 5. The Hall–Kier alpha value is -0.120. The van der Waals surface area contributed by atoms with Gasteiger partial charge in [-0.3, -0.25) is 0 Å².